The van der Waals surface area contributed by atoms with E-state index in [1.807, 2.05) is 12.1 Å². The molecule has 1 saturated heterocycles. The molecule has 138 valence electrons. The van der Waals surface area contributed by atoms with Gasteiger partial charge in [-0.2, -0.15) is 0 Å². The molecule has 0 radical (unpaired) electrons. The summed E-state index contributed by atoms with van der Waals surface area (Å²) in [6.45, 7) is 0.173. The summed E-state index contributed by atoms with van der Waals surface area (Å²) in [4.78, 5) is 11.1. The number of nitrogens with one attached hydrogen (secondary N) is 1. The van der Waals surface area contributed by atoms with E-state index < -0.39 is 17.8 Å². The van der Waals surface area contributed by atoms with Crippen molar-refractivity contribution in [1.29, 1.82) is 0 Å². The summed E-state index contributed by atoms with van der Waals surface area (Å²) >= 11 is 7.54. The van der Waals surface area contributed by atoms with Gasteiger partial charge in [-0.25, -0.2) is 4.39 Å². The van der Waals surface area contributed by atoms with Crippen LogP contribution in [0.15, 0.2) is 36.4 Å². The maximum atomic E-state index is 13.1. The van der Waals surface area contributed by atoms with Gasteiger partial charge in [0.2, 0.25) is 0 Å². The highest BCUT2D eigenvalue weighted by atomic mass is 35.5. The summed E-state index contributed by atoms with van der Waals surface area (Å²) in [6.07, 6.45) is 0. The third-order valence-corrected chi connectivity index (χ3v) is 5.59. The first-order valence-corrected chi connectivity index (χ1v) is 9.25. The number of rotatable bonds is 6. The van der Waals surface area contributed by atoms with Gasteiger partial charge in [-0.1, -0.05) is 23.7 Å². The van der Waals surface area contributed by atoms with Gasteiger partial charge in [0.15, 0.2) is 11.5 Å². The lowest BCUT2D eigenvalue weighted by atomic mass is 10.2. The highest BCUT2D eigenvalue weighted by Gasteiger charge is 2.30. The number of carbonyl (C=O) groups is 1. The van der Waals surface area contributed by atoms with Crippen LogP contribution in [0.25, 0.3) is 0 Å². The van der Waals surface area contributed by atoms with Gasteiger partial charge in [0.05, 0.1) is 17.5 Å². The Morgan fingerprint density at radius 1 is 1.35 bits per heavy atom. The number of aliphatic carboxylic acids is 1. The van der Waals surface area contributed by atoms with Crippen LogP contribution in [0.5, 0.6) is 11.5 Å². The molecule has 0 saturated carbocycles. The molecule has 2 aromatic rings. The molecule has 1 heterocycles. The van der Waals surface area contributed by atoms with Crippen LogP contribution in [-0.4, -0.2) is 30.0 Å². The molecule has 8 heteroatoms. The summed E-state index contributed by atoms with van der Waals surface area (Å²) in [5.74, 6) is 0.297. The lowest BCUT2D eigenvalue weighted by molar-refractivity contribution is -0.138. The van der Waals surface area contributed by atoms with Gasteiger partial charge in [-0.3, -0.25) is 10.1 Å². The van der Waals surface area contributed by atoms with Gasteiger partial charge in [0.1, 0.15) is 18.5 Å². The fourth-order valence-electron chi connectivity index (χ4n) is 2.57. The third-order valence-electron chi connectivity index (χ3n) is 3.97. The van der Waals surface area contributed by atoms with Crippen molar-refractivity contribution >= 4 is 29.3 Å². The standard InChI is InChI=1S/C18H17ClFNO4S/c1-24-16-6-10(17-21-14(9-26-17)18(22)23)3-5-15(16)25-8-11-2-4-12(20)7-13(11)19/h2-7,14,17,21H,8-9H2,1H3,(H,22,23). The summed E-state index contributed by atoms with van der Waals surface area (Å²) < 4.78 is 24.3. The Morgan fingerprint density at radius 2 is 2.15 bits per heavy atom. The van der Waals surface area contributed by atoms with Crippen molar-refractivity contribution in [1.82, 2.24) is 5.32 Å². The molecule has 0 amide bonds. The smallest absolute Gasteiger partial charge is 0.321 e. The molecule has 2 N–H and O–H groups in total. The molecule has 26 heavy (non-hydrogen) atoms. The summed E-state index contributed by atoms with van der Waals surface area (Å²) in [6, 6.07) is 9.02. The second-order valence-electron chi connectivity index (χ2n) is 5.71. The monoisotopic (exact) mass is 397 g/mol. The molecule has 3 rings (SSSR count). The van der Waals surface area contributed by atoms with E-state index in [4.69, 9.17) is 26.2 Å². The van der Waals surface area contributed by atoms with Crippen LogP contribution >= 0.6 is 23.4 Å². The van der Waals surface area contributed by atoms with Crippen LogP contribution < -0.4 is 14.8 Å². The Bertz CT molecular complexity index is 820. The number of hydrogen-bond donors (Lipinski definition) is 2. The Kier molecular flexibility index (Phi) is 5.90. The Balaban J connectivity index is 1.72. The minimum atomic E-state index is -0.858. The largest absolute Gasteiger partial charge is 0.493 e. The van der Waals surface area contributed by atoms with Gasteiger partial charge < -0.3 is 14.6 Å². The first-order chi connectivity index (χ1) is 12.5. The number of thioether (sulfide) groups is 1. The minimum absolute atomic E-state index is 0.120. The van der Waals surface area contributed by atoms with Crippen molar-refractivity contribution in [2.24, 2.45) is 0 Å². The quantitative estimate of drug-likeness (QED) is 0.771. The Labute approximate surface area is 159 Å². The van der Waals surface area contributed by atoms with Crippen molar-refractivity contribution in [3.63, 3.8) is 0 Å². The van der Waals surface area contributed by atoms with Gasteiger partial charge in [0, 0.05) is 11.3 Å². The molecular weight excluding hydrogens is 381 g/mol. The molecule has 5 nitrogen and oxygen atoms in total. The summed E-state index contributed by atoms with van der Waals surface area (Å²) in [5, 5.41) is 12.3. The SMILES string of the molecule is COc1cc(C2NC(C(=O)O)CS2)ccc1OCc1ccc(F)cc1Cl. The molecule has 0 spiro atoms. The molecule has 1 aliphatic heterocycles. The lowest BCUT2D eigenvalue weighted by Crippen LogP contribution is -2.33. The number of halogens is 2. The lowest BCUT2D eigenvalue weighted by Gasteiger charge is -2.16. The Hall–Kier alpha value is -1.96. The molecule has 0 aliphatic carbocycles. The first kappa shape index (κ1) is 18.8. The van der Waals surface area contributed by atoms with Crippen molar-refractivity contribution in [3.8, 4) is 11.5 Å². The van der Waals surface area contributed by atoms with E-state index >= 15 is 0 Å². The Morgan fingerprint density at radius 3 is 2.81 bits per heavy atom. The maximum Gasteiger partial charge on any atom is 0.321 e. The van der Waals surface area contributed by atoms with Crippen LogP contribution in [0.3, 0.4) is 0 Å². The van der Waals surface area contributed by atoms with Gasteiger partial charge in [-0.05, 0) is 29.8 Å². The van der Waals surface area contributed by atoms with E-state index in [0.29, 0.717) is 27.8 Å². The normalized spacial score (nSPS) is 19.3. The van der Waals surface area contributed by atoms with Gasteiger partial charge in [0.25, 0.3) is 0 Å². The fourth-order valence-corrected chi connectivity index (χ4v) is 4.01. The highest BCUT2D eigenvalue weighted by Crippen LogP contribution is 2.37. The van der Waals surface area contributed by atoms with E-state index in [1.54, 1.807) is 12.1 Å². The molecule has 1 aliphatic rings. The number of carboxylic acids is 1. The number of benzene rings is 2. The zero-order chi connectivity index (χ0) is 18.7. The van der Waals surface area contributed by atoms with Crippen LogP contribution in [-0.2, 0) is 11.4 Å². The topological polar surface area (TPSA) is 67.8 Å². The van der Waals surface area contributed by atoms with Crippen molar-refractivity contribution < 1.29 is 23.8 Å². The van der Waals surface area contributed by atoms with Crippen LogP contribution in [0.4, 0.5) is 4.39 Å². The van der Waals surface area contributed by atoms with Crippen molar-refractivity contribution in [3.05, 3.63) is 58.4 Å². The minimum Gasteiger partial charge on any atom is -0.493 e. The summed E-state index contributed by atoms with van der Waals surface area (Å²) in [7, 11) is 1.53. The maximum absolute atomic E-state index is 13.1. The zero-order valence-electron chi connectivity index (χ0n) is 13.9. The predicted molar refractivity (Wildman–Crippen MR) is 98.5 cm³/mol. The molecule has 1 fully saturated rings. The second-order valence-corrected chi connectivity index (χ2v) is 7.25. The molecular formula is C18H17ClFNO4S. The molecule has 0 bridgehead atoms. The van der Waals surface area contributed by atoms with E-state index in [-0.39, 0.29) is 12.0 Å². The predicted octanol–water partition coefficient (Wildman–Crippen LogP) is 3.85. The van der Waals surface area contributed by atoms with Crippen LogP contribution in [0, 0.1) is 5.82 Å². The number of hydrogen-bond acceptors (Lipinski definition) is 5. The average Bonchev–Trinajstić information content (AvgIpc) is 3.11. The molecule has 2 atom stereocenters. The van der Waals surface area contributed by atoms with E-state index in [9.17, 15) is 9.18 Å². The van der Waals surface area contributed by atoms with Crippen molar-refractivity contribution in [2.75, 3.05) is 12.9 Å². The number of carboxylic acid groups (broad SMARTS) is 1. The molecule has 0 aromatic heterocycles. The van der Waals surface area contributed by atoms with Crippen LogP contribution in [0.1, 0.15) is 16.5 Å². The van der Waals surface area contributed by atoms with Gasteiger partial charge in [-0.15, -0.1) is 11.8 Å². The van der Waals surface area contributed by atoms with E-state index in [0.717, 1.165) is 5.56 Å². The second kappa shape index (κ2) is 8.16. The number of methoxy groups -OCH3 is 1. The average molecular weight is 398 g/mol. The number of ether oxygens (including phenoxy) is 2. The molecule has 2 aromatic carbocycles. The molecule has 2 unspecified atom stereocenters. The zero-order valence-corrected chi connectivity index (χ0v) is 15.4. The van der Waals surface area contributed by atoms with Crippen LogP contribution in [0.2, 0.25) is 5.02 Å². The van der Waals surface area contributed by atoms with E-state index in [2.05, 4.69) is 5.32 Å². The third kappa shape index (κ3) is 4.23. The highest BCUT2D eigenvalue weighted by molar-refractivity contribution is 7.99. The fraction of sp³-hybridized carbons (Fsp3) is 0.278. The first-order valence-electron chi connectivity index (χ1n) is 7.83. The summed E-state index contributed by atoms with van der Waals surface area (Å²) in [5.41, 5.74) is 1.57. The van der Waals surface area contributed by atoms with Gasteiger partial charge >= 0.3 is 5.97 Å². The van der Waals surface area contributed by atoms with E-state index in [1.165, 1.54) is 31.0 Å². The van der Waals surface area contributed by atoms with Crippen molar-refractivity contribution in [2.45, 2.75) is 18.0 Å².